The highest BCUT2D eigenvalue weighted by molar-refractivity contribution is 7.10. The minimum Gasteiger partial charge on any atom is -0.332 e. The molecule has 0 fully saturated rings. The Bertz CT molecular complexity index is 790. The summed E-state index contributed by atoms with van der Waals surface area (Å²) in [5.74, 6) is -0.212. The Morgan fingerprint density at radius 3 is 2.70 bits per heavy atom. The molecule has 0 radical (unpaired) electrons. The van der Waals surface area contributed by atoms with Crippen LogP contribution in [0, 0.1) is 0 Å². The number of hydrogen-bond acceptors (Lipinski definition) is 3. The van der Waals surface area contributed by atoms with Crippen LogP contribution in [0.3, 0.4) is 0 Å². The van der Waals surface area contributed by atoms with Crippen LogP contribution in [0.25, 0.3) is 0 Å². The highest BCUT2D eigenvalue weighted by atomic mass is 35.5. The molecule has 2 heterocycles. The average molecular weight is 405 g/mol. The number of nitrogens with zero attached hydrogens (tertiary/aromatic N) is 2. The van der Waals surface area contributed by atoms with E-state index in [1.165, 1.54) is 10.4 Å². The number of benzene rings is 1. The summed E-state index contributed by atoms with van der Waals surface area (Å²) in [6.45, 7) is 4.93. The second-order valence-electron chi connectivity index (χ2n) is 6.83. The number of carbonyl (C=O) groups is 2. The van der Waals surface area contributed by atoms with Gasteiger partial charge in [0.1, 0.15) is 5.38 Å². The lowest BCUT2D eigenvalue weighted by molar-refractivity contribution is -0.141. The van der Waals surface area contributed by atoms with Gasteiger partial charge in [0, 0.05) is 18.0 Å². The van der Waals surface area contributed by atoms with Gasteiger partial charge >= 0.3 is 0 Å². The molecule has 1 aliphatic rings. The van der Waals surface area contributed by atoms with Gasteiger partial charge in [-0.05, 0) is 42.3 Å². The molecule has 0 saturated carbocycles. The number of amides is 2. The molecule has 0 saturated heterocycles. The lowest BCUT2D eigenvalue weighted by Gasteiger charge is -2.37. The molecule has 0 unspecified atom stereocenters. The highest BCUT2D eigenvalue weighted by Gasteiger charge is 2.34. The number of rotatable bonds is 6. The van der Waals surface area contributed by atoms with Crippen molar-refractivity contribution in [1.29, 1.82) is 0 Å². The van der Waals surface area contributed by atoms with Gasteiger partial charge in [0.05, 0.1) is 12.6 Å². The molecule has 6 heteroatoms. The Labute approximate surface area is 169 Å². The van der Waals surface area contributed by atoms with E-state index in [1.54, 1.807) is 23.2 Å². The fourth-order valence-corrected chi connectivity index (χ4v) is 4.66. The summed E-state index contributed by atoms with van der Waals surface area (Å²) >= 11 is 7.74. The zero-order chi connectivity index (χ0) is 19.4. The monoisotopic (exact) mass is 404 g/mol. The number of alkyl halides is 1. The van der Waals surface area contributed by atoms with E-state index in [1.807, 2.05) is 30.0 Å². The summed E-state index contributed by atoms with van der Waals surface area (Å²) in [7, 11) is 0. The second-order valence-corrected chi connectivity index (χ2v) is 8.48. The molecule has 144 valence electrons. The van der Waals surface area contributed by atoms with E-state index in [2.05, 4.69) is 23.6 Å². The molecule has 2 amide bonds. The Morgan fingerprint density at radius 2 is 2.04 bits per heavy atom. The number of fused-ring (bicyclic) bond motifs is 1. The number of hydrogen-bond donors (Lipinski definition) is 0. The normalized spacial score (nSPS) is 17.3. The average Bonchev–Trinajstić information content (AvgIpc) is 3.15. The predicted octanol–water partition coefficient (Wildman–Crippen LogP) is 4.09. The Kier molecular flexibility index (Phi) is 6.55. The van der Waals surface area contributed by atoms with Gasteiger partial charge in [-0.2, -0.15) is 0 Å². The van der Waals surface area contributed by atoms with Crippen LogP contribution in [0.4, 0.5) is 0 Å². The molecule has 1 aromatic heterocycles. The molecular weight excluding hydrogens is 380 g/mol. The summed E-state index contributed by atoms with van der Waals surface area (Å²) in [6.07, 6.45) is 1.65. The third kappa shape index (κ3) is 4.36. The molecule has 0 bridgehead atoms. The van der Waals surface area contributed by atoms with Gasteiger partial charge in [-0.25, -0.2) is 0 Å². The van der Waals surface area contributed by atoms with Crippen LogP contribution in [0.2, 0.25) is 0 Å². The summed E-state index contributed by atoms with van der Waals surface area (Å²) < 4.78 is 0. The Balaban J connectivity index is 1.87. The van der Waals surface area contributed by atoms with Gasteiger partial charge in [-0.3, -0.25) is 9.59 Å². The first-order chi connectivity index (χ1) is 13.0. The lowest BCUT2D eigenvalue weighted by Crippen LogP contribution is -2.48. The summed E-state index contributed by atoms with van der Waals surface area (Å²) in [4.78, 5) is 30.4. The van der Waals surface area contributed by atoms with Gasteiger partial charge in [-0.15, -0.1) is 22.9 Å². The molecular formula is C21H25ClN2O2S. The zero-order valence-corrected chi connectivity index (χ0v) is 17.3. The Morgan fingerprint density at radius 1 is 1.30 bits per heavy atom. The number of thiophene rings is 1. The minimum atomic E-state index is -0.626. The van der Waals surface area contributed by atoms with Crippen molar-refractivity contribution in [2.24, 2.45) is 0 Å². The van der Waals surface area contributed by atoms with Crippen LogP contribution < -0.4 is 0 Å². The van der Waals surface area contributed by atoms with Crippen LogP contribution in [-0.4, -0.2) is 46.6 Å². The van der Waals surface area contributed by atoms with Crippen LogP contribution >= 0.6 is 22.9 Å². The molecule has 0 aliphatic carbocycles. The second kappa shape index (κ2) is 8.89. The third-order valence-corrected chi connectivity index (χ3v) is 6.06. The topological polar surface area (TPSA) is 40.6 Å². The third-order valence-electron chi connectivity index (χ3n) is 4.87. The van der Waals surface area contributed by atoms with E-state index in [-0.39, 0.29) is 24.4 Å². The minimum absolute atomic E-state index is 0.0279. The van der Waals surface area contributed by atoms with Crippen molar-refractivity contribution in [2.75, 3.05) is 19.6 Å². The Hall–Kier alpha value is -1.85. The van der Waals surface area contributed by atoms with Gasteiger partial charge in [0.15, 0.2) is 0 Å². The molecule has 0 spiro atoms. The van der Waals surface area contributed by atoms with Crippen molar-refractivity contribution >= 4 is 34.8 Å². The summed E-state index contributed by atoms with van der Waals surface area (Å²) in [5.41, 5.74) is 2.30. The molecule has 27 heavy (non-hydrogen) atoms. The maximum absolute atomic E-state index is 13.2. The largest absolute Gasteiger partial charge is 0.332 e. The van der Waals surface area contributed by atoms with Crippen molar-refractivity contribution in [3.63, 3.8) is 0 Å². The van der Waals surface area contributed by atoms with Crippen LogP contribution in [0.15, 0.2) is 41.8 Å². The molecule has 4 nitrogen and oxygen atoms in total. The van der Waals surface area contributed by atoms with E-state index < -0.39 is 5.38 Å². The number of halogens is 1. The molecule has 2 aromatic rings. The van der Waals surface area contributed by atoms with E-state index in [0.29, 0.717) is 13.1 Å². The smallest absolute Gasteiger partial charge is 0.242 e. The van der Waals surface area contributed by atoms with Crippen molar-refractivity contribution in [3.05, 3.63) is 57.8 Å². The van der Waals surface area contributed by atoms with Gasteiger partial charge in [-0.1, -0.05) is 37.3 Å². The quantitative estimate of drug-likeness (QED) is 0.680. The molecule has 1 aliphatic heterocycles. The highest BCUT2D eigenvalue weighted by Crippen LogP contribution is 2.37. The van der Waals surface area contributed by atoms with Crippen molar-refractivity contribution < 1.29 is 9.59 Å². The predicted molar refractivity (Wildman–Crippen MR) is 110 cm³/mol. The van der Waals surface area contributed by atoms with Gasteiger partial charge in [0.2, 0.25) is 11.8 Å². The fraction of sp³-hybridized carbons (Fsp3) is 0.429. The first-order valence-electron chi connectivity index (χ1n) is 9.36. The summed E-state index contributed by atoms with van der Waals surface area (Å²) in [5, 5.41) is 1.47. The van der Waals surface area contributed by atoms with Crippen molar-refractivity contribution in [1.82, 2.24) is 9.80 Å². The molecule has 1 aromatic carbocycles. The SMILES string of the molecule is CCCN(CC(=O)N1CCc2sccc2[C@@H]1c1ccccc1)C(=O)[C@@H](C)Cl. The zero-order valence-electron chi connectivity index (χ0n) is 15.7. The van der Waals surface area contributed by atoms with Crippen molar-refractivity contribution in [3.8, 4) is 0 Å². The maximum atomic E-state index is 13.2. The van der Waals surface area contributed by atoms with Crippen molar-refractivity contribution in [2.45, 2.75) is 38.1 Å². The standard InChI is InChI=1S/C21H25ClN2O2S/c1-3-11-23(21(26)15(2)22)14-19(25)24-12-9-18-17(10-13-27-18)20(24)16-7-5-4-6-8-16/h4-8,10,13,15,20H,3,9,11-12,14H2,1-2H3/t15-,20+/m1/s1. The van der Waals surface area contributed by atoms with Crippen LogP contribution in [0.1, 0.15) is 42.3 Å². The first kappa shape index (κ1) is 19.9. The van der Waals surface area contributed by atoms with Crippen LogP contribution in [-0.2, 0) is 16.0 Å². The summed E-state index contributed by atoms with van der Waals surface area (Å²) in [6, 6.07) is 12.1. The van der Waals surface area contributed by atoms with Crippen LogP contribution in [0.5, 0.6) is 0 Å². The maximum Gasteiger partial charge on any atom is 0.242 e. The van der Waals surface area contributed by atoms with Gasteiger partial charge in [0.25, 0.3) is 0 Å². The van der Waals surface area contributed by atoms with E-state index >= 15 is 0 Å². The molecule has 2 atom stereocenters. The van der Waals surface area contributed by atoms with Gasteiger partial charge < -0.3 is 9.80 Å². The van der Waals surface area contributed by atoms with E-state index in [4.69, 9.17) is 11.6 Å². The molecule has 0 N–H and O–H groups in total. The fourth-order valence-electron chi connectivity index (χ4n) is 3.62. The first-order valence-corrected chi connectivity index (χ1v) is 10.7. The molecule has 3 rings (SSSR count). The number of carbonyl (C=O) groups excluding carboxylic acids is 2. The lowest BCUT2D eigenvalue weighted by atomic mass is 9.93. The van der Waals surface area contributed by atoms with E-state index in [0.717, 1.165) is 18.4 Å². The van der Waals surface area contributed by atoms with E-state index in [9.17, 15) is 9.59 Å².